The van der Waals surface area contributed by atoms with Crippen molar-refractivity contribution in [2.75, 3.05) is 27.2 Å². The van der Waals surface area contributed by atoms with Gasteiger partial charge >= 0.3 is 0 Å². The number of aromatic nitrogens is 2. The number of aryl methyl sites for hydroxylation is 1. The predicted molar refractivity (Wildman–Crippen MR) is 111 cm³/mol. The van der Waals surface area contributed by atoms with Crippen molar-refractivity contribution in [3.63, 3.8) is 0 Å². The van der Waals surface area contributed by atoms with Crippen LogP contribution in [0.25, 0.3) is 0 Å². The first-order valence-electron chi connectivity index (χ1n) is 9.29. The summed E-state index contributed by atoms with van der Waals surface area (Å²) < 4.78 is 31.0. The molecule has 3 rings (SSSR count). The maximum Gasteiger partial charge on any atom is 0.290 e. The third-order valence-electron chi connectivity index (χ3n) is 4.99. The zero-order valence-corrected chi connectivity index (χ0v) is 17.8. The van der Waals surface area contributed by atoms with E-state index in [1.807, 2.05) is 36.0 Å². The quantitative estimate of drug-likeness (QED) is 0.668. The average Bonchev–Trinajstić information content (AvgIpc) is 3.07. The summed E-state index contributed by atoms with van der Waals surface area (Å²) in [6.45, 7) is 2.03. The molecule has 2 atom stereocenters. The van der Waals surface area contributed by atoms with E-state index < -0.39 is 10.2 Å². The lowest BCUT2D eigenvalue weighted by atomic mass is 9.86. The highest BCUT2D eigenvalue weighted by Crippen LogP contribution is 2.29. The molecule has 0 unspecified atom stereocenters. The molecule has 0 saturated carbocycles. The minimum Gasteiger partial charge on any atom is -0.483 e. The van der Waals surface area contributed by atoms with E-state index in [1.165, 1.54) is 9.87 Å². The van der Waals surface area contributed by atoms with Gasteiger partial charge in [0.25, 0.3) is 16.7 Å². The highest BCUT2D eigenvalue weighted by Gasteiger charge is 2.34. The Bertz CT molecular complexity index is 870. The van der Waals surface area contributed by atoms with E-state index in [9.17, 15) is 8.42 Å². The van der Waals surface area contributed by atoms with Crippen molar-refractivity contribution in [1.82, 2.24) is 23.5 Å². The van der Waals surface area contributed by atoms with Gasteiger partial charge < -0.3 is 9.67 Å². The predicted octanol–water partition coefficient (Wildman–Crippen LogP) is 0.875. The first kappa shape index (κ1) is 23.0. The molecule has 2 aromatic rings. The molecule has 1 aliphatic heterocycles. The second-order valence-electron chi connectivity index (χ2n) is 7.11. The van der Waals surface area contributed by atoms with Crippen molar-refractivity contribution in [3.05, 3.63) is 54.1 Å². The lowest BCUT2D eigenvalue weighted by molar-refractivity contribution is -0.122. The molecule has 2 heterocycles. The summed E-state index contributed by atoms with van der Waals surface area (Å²) >= 11 is 0. The van der Waals surface area contributed by atoms with Gasteiger partial charge in [0.15, 0.2) is 0 Å². The van der Waals surface area contributed by atoms with Crippen LogP contribution in [-0.4, -0.2) is 72.0 Å². The van der Waals surface area contributed by atoms with Gasteiger partial charge in [-0.15, -0.1) is 0 Å². The normalized spacial score (nSPS) is 20.1. The maximum absolute atomic E-state index is 12.4. The Labute approximate surface area is 172 Å². The molecule has 0 radical (unpaired) electrons. The molecule has 2 N–H and O–H groups in total. The smallest absolute Gasteiger partial charge is 0.290 e. The molecule has 1 aromatic heterocycles. The number of piperidine rings is 1. The van der Waals surface area contributed by atoms with Crippen molar-refractivity contribution in [2.24, 2.45) is 7.05 Å². The van der Waals surface area contributed by atoms with Crippen LogP contribution in [0.4, 0.5) is 0 Å². The Morgan fingerprint density at radius 3 is 2.52 bits per heavy atom. The second-order valence-corrected chi connectivity index (χ2v) is 9.03. The molecule has 1 aromatic carbocycles. The number of carbonyl (C=O) groups is 1. The molecule has 9 nitrogen and oxygen atoms in total. The highest BCUT2D eigenvalue weighted by molar-refractivity contribution is 7.87. The van der Waals surface area contributed by atoms with Crippen molar-refractivity contribution >= 4 is 16.7 Å². The molecular formula is C19H29N5O4S. The molecule has 10 heteroatoms. The van der Waals surface area contributed by atoms with Gasteiger partial charge in [0, 0.05) is 52.0 Å². The largest absolute Gasteiger partial charge is 0.483 e. The number of benzene rings is 1. The molecule has 0 spiro atoms. The fourth-order valence-electron chi connectivity index (χ4n) is 3.43. The van der Waals surface area contributed by atoms with E-state index in [0.29, 0.717) is 13.1 Å². The molecule has 0 aliphatic carbocycles. The minimum atomic E-state index is -3.50. The fraction of sp³-hybridized carbons (Fsp3) is 0.474. The van der Waals surface area contributed by atoms with Gasteiger partial charge in [0.2, 0.25) is 0 Å². The number of hydrogen-bond donors (Lipinski definition) is 2. The third-order valence-corrected chi connectivity index (χ3v) is 6.55. The summed E-state index contributed by atoms with van der Waals surface area (Å²) in [6, 6.07) is 9.98. The van der Waals surface area contributed by atoms with Crippen molar-refractivity contribution in [2.45, 2.75) is 24.9 Å². The Kier molecular flexibility index (Phi) is 8.32. The van der Waals surface area contributed by atoms with Crippen LogP contribution in [0.2, 0.25) is 0 Å². The summed E-state index contributed by atoms with van der Waals surface area (Å²) in [5.74, 6) is 1.14. The molecule has 1 saturated heterocycles. The number of nitrogens with zero attached hydrogens (tertiary/aromatic N) is 4. The van der Waals surface area contributed by atoms with Gasteiger partial charge in [-0.25, -0.2) is 4.98 Å². The van der Waals surface area contributed by atoms with E-state index in [-0.39, 0.29) is 18.4 Å². The van der Waals surface area contributed by atoms with E-state index in [2.05, 4.69) is 26.7 Å². The van der Waals surface area contributed by atoms with Crippen molar-refractivity contribution in [3.8, 4) is 0 Å². The maximum atomic E-state index is 12.4. The molecule has 0 bridgehead atoms. The lowest BCUT2D eigenvalue weighted by Crippen LogP contribution is -2.53. The van der Waals surface area contributed by atoms with E-state index >= 15 is 0 Å². The van der Waals surface area contributed by atoms with Crippen LogP contribution in [0.3, 0.4) is 0 Å². The van der Waals surface area contributed by atoms with E-state index in [1.54, 1.807) is 20.3 Å². The van der Waals surface area contributed by atoms with Gasteiger partial charge in [-0.2, -0.15) is 17.4 Å². The average molecular weight is 424 g/mol. The van der Waals surface area contributed by atoms with E-state index in [0.717, 1.165) is 18.8 Å². The van der Waals surface area contributed by atoms with Crippen LogP contribution in [-0.2, 0) is 28.6 Å². The van der Waals surface area contributed by atoms with Crippen molar-refractivity contribution < 1.29 is 18.3 Å². The second kappa shape index (κ2) is 10.5. The number of likely N-dealkylation sites (tertiary alicyclic amines) is 1. The third kappa shape index (κ3) is 6.36. The van der Waals surface area contributed by atoms with Gasteiger partial charge in [0.1, 0.15) is 5.82 Å². The van der Waals surface area contributed by atoms with Crippen LogP contribution >= 0.6 is 0 Å². The Morgan fingerprint density at radius 2 is 1.97 bits per heavy atom. The molecule has 29 heavy (non-hydrogen) atoms. The van der Waals surface area contributed by atoms with Crippen LogP contribution in [0.5, 0.6) is 0 Å². The zero-order valence-electron chi connectivity index (χ0n) is 17.0. The summed E-state index contributed by atoms with van der Waals surface area (Å²) in [5, 5.41) is 6.89. The van der Waals surface area contributed by atoms with Crippen LogP contribution in [0.15, 0.2) is 42.7 Å². The first-order valence-corrected chi connectivity index (χ1v) is 10.7. The summed E-state index contributed by atoms with van der Waals surface area (Å²) in [6.07, 6.45) is 4.62. The van der Waals surface area contributed by atoms with Crippen molar-refractivity contribution in [1.29, 1.82) is 0 Å². The number of nitrogens with one attached hydrogen (secondary N) is 1. The lowest BCUT2D eigenvalue weighted by Gasteiger charge is -2.39. The van der Waals surface area contributed by atoms with Gasteiger partial charge in [-0.1, -0.05) is 30.3 Å². The number of hydrogen-bond acceptors (Lipinski definition) is 5. The minimum absolute atomic E-state index is 0.156. The van der Waals surface area contributed by atoms with Crippen LogP contribution in [0.1, 0.15) is 23.7 Å². The fourth-order valence-corrected chi connectivity index (χ4v) is 4.26. The summed E-state index contributed by atoms with van der Waals surface area (Å²) in [7, 11) is 1.58. The SMILES string of the molecule is CN(C)S(=O)(=O)N[C@H]1CN(Cc2nccn2C)CC[C@H]1c1ccccc1.O=CO. The summed E-state index contributed by atoms with van der Waals surface area (Å²) in [4.78, 5) is 15.0. The first-order chi connectivity index (χ1) is 13.8. The topological polar surface area (TPSA) is 108 Å². The van der Waals surface area contributed by atoms with E-state index in [4.69, 9.17) is 9.90 Å². The number of carboxylic acid groups (broad SMARTS) is 1. The standard InChI is InChI=1S/C18H27N5O2S.CH2O2/c1-21(2)26(24,25)20-17-13-23(14-18-19-10-12-22(18)3)11-9-16(17)15-7-5-4-6-8-15;2-1-3/h4-8,10,12,16-17,20H,9,11,13-14H2,1-3H3;1H,(H,2,3)/t16-,17-;/m0./s1. The Hall–Kier alpha value is -2.27. The molecule has 1 fully saturated rings. The number of imidazole rings is 1. The Balaban J connectivity index is 0.000000941. The molecule has 1 aliphatic rings. The van der Waals surface area contributed by atoms with Crippen LogP contribution in [0, 0.1) is 0 Å². The molecule has 0 amide bonds. The molecule has 160 valence electrons. The summed E-state index contributed by atoms with van der Waals surface area (Å²) in [5.41, 5.74) is 1.18. The highest BCUT2D eigenvalue weighted by atomic mass is 32.2. The Morgan fingerprint density at radius 1 is 1.31 bits per heavy atom. The zero-order chi connectivity index (χ0) is 21.4. The van der Waals surface area contributed by atoms with Gasteiger partial charge in [-0.05, 0) is 18.5 Å². The number of rotatable bonds is 6. The van der Waals surface area contributed by atoms with Gasteiger partial charge in [-0.3, -0.25) is 9.69 Å². The van der Waals surface area contributed by atoms with Gasteiger partial charge in [0.05, 0.1) is 6.54 Å². The molecular weight excluding hydrogens is 394 g/mol. The van der Waals surface area contributed by atoms with Crippen LogP contribution < -0.4 is 4.72 Å². The monoisotopic (exact) mass is 423 g/mol.